The number of rotatable bonds is 7. The van der Waals surface area contributed by atoms with Gasteiger partial charge in [0.1, 0.15) is 0 Å². The molecule has 1 aromatic carbocycles. The number of thioether (sulfide) groups is 1. The second-order valence-electron chi connectivity index (χ2n) is 4.31. The van der Waals surface area contributed by atoms with E-state index in [-0.39, 0.29) is 18.8 Å². The molecule has 0 bridgehead atoms. The van der Waals surface area contributed by atoms with Crippen molar-refractivity contribution in [3.8, 4) is 11.5 Å². The van der Waals surface area contributed by atoms with Crippen molar-refractivity contribution in [1.29, 1.82) is 0 Å². The van der Waals surface area contributed by atoms with Gasteiger partial charge in [-0.05, 0) is 24.2 Å². The number of carbonyl (C=O) groups excluding carboxylic acids is 1. The Morgan fingerprint density at radius 3 is 3.00 bits per heavy atom. The van der Waals surface area contributed by atoms with Crippen molar-refractivity contribution in [2.75, 3.05) is 32.0 Å². The summed E-state index contributed by atoms with van der Waals surface area (Å²) in [5.41, 5.74) is 1.13. The number of hydrogen-bond donors (Lipinski definition) is 1. The number of methoxy groups -OCH3 is 1. The number of benzene rings is 1. The van der Waals surface area contributed by atoms with E-state index in [1.807, 2.05) is 18.2 Å². The molecule has 0 radical (unpaired) electrons. The summed E-state index contributed by atoms with van der Waals surface area (Å²) in [5.74, 6) is 2.52. The van der Waals surface area contributed by atoms with E-state index >= 15 is 0 Å². The molecule has 110 valence electrons. The highest BCUT2D eigenvalue weighted by Crippen LogP contribution is 2.34. The minimum absolute atomic E-state index is 0.171. The Hall–Kier alpha value is -1.40. The number of hydrogen-bond acceptors (Lipinski definition) is 6. The molecule has 1 aliphatic heterocycles. The summed E-state index contributed by atoms with van der Waals surface area (Å²) in [6, 6.07) is 6.12. The quantitative estimate of drug-likeness (QED) is 0.777. The fourth-order valence-corrected chi connectivity index (χ4v) is 2.92. The van der Waals surface area contributed by atoms with Gasteiger partial charge in [-0.25, -0.2) is 0 Å². The third-order valence-electron chi connectivity index (χ3n) is 2.98. The second kappa shape index (κ2) is 7.40. The lowest BCUT2D eigenvalue weighted by Gasteiger charge is -2.18. The van der Waals surface area contributed by atoms with Crippen molar-refractivity contribution < 1.29 is 19.0 Å². The molecule has 1 aromatic rings. The van der Waals surface area contributed by atoms with Crippen LogP contribution < -0.4 is 14.8 Å². The van der Waals surface area contributed by atoms with Crippen LogP contribution in [0.25, 0.3) is 0 Å². The molecule has 1 aliphatic rings. The molecule has 6 heteroatoms. The van der Waals surface area contributed by atoms with Crippen LogP contribution in [0.3, 0.4) is 0 Å². The van der Waals surface area contributed by atoms with Crippen molar-refractivity contribution >= 4 is 17.7 Å². The molecule has 0 aromatic heterocycles. The number of nitrogens with one attached hydrogen (secondary N) is 1. The zero-order valence-electron chi connectivity index (χ0n) is 11.7. The van der Waals surface area contributed by atoms with Gasteiger partial charge < -0.3 is 19.5 Å². The van der Waals surface area contributed by atoms with Crippen molar-refractivity contribution in [1.82, 2.24) is 5.32 Å². The number of fused-ring (bicyclic) bond motifs is 1. The molecular formula is C14H19NO4S. The van der Waals surface area contributed by atoms with E-state index < -0.39 is 0 Å². The zero-order valence-corrected chi connectivity index (χ0v) is 12.5. The average Bonchev–Trinajstić information content (AvgIpc) is 2.93. The van der Waals surface area contributed by atoms with Crippen LogP contribution in [0, 0.1) is 0 Å². The Kier molecular flexibility index (Phi) is 5.55. The zero-order chi connectivity index (χ0) is 14.4. The molecule has 1 N–H and O–H groups in total. The van der Waals surface area contributed by atoms with Crippen LogP contribution in [0.5, 0.6) is 11.5 Å². The minimum Gasteiger partial charge on any atom is -0.468 e. The SMILES string of the molecule is CCNC(CSCC(=O)OC)c1ccc2c(c1)OCO2. The molecule has 0 amide bonds. The molecule has 5 nitrogen and oxygen atoms in total. The van der Waals surface area contributed by atoms with Gasteiger partial charge in [0.05, 0.1) is 12.9 Å². The highest BCUT2D eigenvalue weighted by atomic mass is 32.2. The maximum atomic E-state index is 11.1. The maximum absolute atomic E-state index is 11.1. The summed E-state index contributed by atoms with van der Waals surface area (Å²) < 4.78 is 15.3. The first-order valence-corrected chi connectivity index (χ1v) is 7.67. The van der Waals surface area contributed by atoms with Crippen molar-refractivity contribution in [3.05, 3.63) is 23.8 Å². The lowest BCUT2D eigenvalue weighted by molar-refractivity contribution is -0.137. The van der Waals surface area contributed by atoms with Crippen LogP contribution in [0.15, 0.2) is 18.2 Å². The molecule has 1 unspecified atom stereocenters. The van der Waals surface area contributed by atoms with Crippen LogP contribution in [-0.4, -0.2) is 37.9 Å². The molecule has 0 spiro atoms. The fourth-order valence-electron chi connectivity index (χ4n) is 1.97. The van der Waals surface area contributed by atoms with E-state index in [0.29, 0.717) is 5.75 Å². The highest BCUT2D eigenvalue weighted by Gasteiger charge is 2.18. The van der Waals surface area contributed by atoms with E-state index in [1.54, 1.807) is 11.8 Å². The van der Waals surface area contributed by atoms with Crippen LogP contribution in [0.2, 0.25) is 0 Å². The topological polar surface area (TPSA) is 56.8 Å². The van der Waals surface area contributed by atoms with Gasteiger partial charge in [0, 0.05) is 11.8 Å². The molecule has 0 saturated carbocycles. The Labute approximate surface area is 123 Å². The molecule has 0 fully saturated rings. The predicted octanol–water partition coefficient (Wildman–Crippen LogP) is 1.97. The summed E-state index contributed by atoms with van der Waals surface area (Å²) in [6.45, 7) is 3.20. The first-order chi connectivity index (χ1) is 9.74. The van der Waals surface area contributed by atoms with Crippen LogP contribution in [0.1, 0.15) is 18.5 Å². The summed E-state index contributed by atoms with van der Waals surface area (Å²) in [6.07, 6.45) is 0. The smallest absolute Gasteiger partial charge is 0.315 e. The highest BCUT2D eigenvalue weighted by molar-refractivity contribution is 7.99. The van der Waals surface area contributed by atoms with E-state index in [9.17, 15) is 4.79 Å². The standard InChI is InChI=1S/C14H19NO4S/c1-3-15-11(7-20-8-14(16)17-2)10-4-5-12-13(6-10)19-9-18-12/h4-6,11,15H,3,7-9H2,1-2H3. The third-order valence-corrected chi connectivity index (χ3v) is 3.99. The Morgan fingerprint density at radius 1 is 1.45 bits per heavy atom. The summed E-state index contributed by atoms with van der Waals surface area (Å²) in [4.78, 5) is 11.1. The van der Waals surface area contributed by atoms with Crippen LogP contribution >= 0.6 is 11.8 Å². The molecule has 20 heavy (non-hydrogen) atoms. The number of ether oxygens (including phenoxy) is 3. The first kappa shape index (κ1) is 15.0. The van der Waals surface area contributed by atoms with E-state index in [4.69, 9.17) is 9.47 Å². The van der Waals surface area contributed by atoms with Gasteiger partial charge in [0.25, 0.3) is 0 Å². The monoisotopic (exact) mass is 297 g/mol. The van der Waals surface area contributed by atoms with E-state index in [2.05, 4.69) is 17.0 Å². The second-order valence-corrected chi connectivity index (χ2v) is 5.34. The number of carbonyl (C=O) groups is 1. The van der Waals surface area contributed by atoms with Gasteiger partial charge in [-0.15, -0.1) is 11.8 Å². The van der Waals surface area contributed by atoms with Gasteiger partial charge in [-0.1, -0.05) is 13.0 Å². The molecule has 2 rings (SSSR count). The average molecular weight is 297 g/mol. The van der Waals surface area contributed by atoms with Gasteiger partial charge in [0.2, 0.25) is 6.79 Å². The molecular weight excluding hydrogens is 278 g/mol. The molecule has 0 saturated heterocycles. The van der Waals surface area contributed by atoms with Crippen molar-refractivity contribution in [2.24, 2.45) is 0 Å². The van der Waals surface area contributed by atoms with Crippen molar-refractivity contribution in [3.63, 3.8) is 0 Å². The minimum atomic E-state index is -0.198. The third kappa shape index (κ3) is 3.80. The molecule has 1 atom stereocenters. The normalized spacial score (nSPS) is 14.1. The van der Waals surface area contributed by atoms with Gasteiger partial charge in [0.15, 0.2) is 11.5 Å². The predicted molar refractivity (Wildman–Crippen MR) is 78.3 cm³/mol. The summed E-state index contributed by atoms with van der Waals surface area (Å²) in [5, 5.41) is 3.41. The Morgan fingerprint density at radius 2 is 2.25 bits per heavy atom. The van der Waals surface area contributed by atoms with Crippen LogP contribution in [0.4, 0.5) is 0 Å². The van der Waals surface area contributed by atoms with Gasteiger partial charge >= 0.3 is 5.97 Å². The maximum Gasteiger partial charge on any atom is 0.315 e. The largest absolute Gasteiger partial charge is 0.468 e. The van der Waals surface area contributed by atoms with Gasteiger partial charge in [-0.3, -0.25) is 4.79 Å². The Bertz CT molecular complexity index is 466. The number of esters is 1. The summed E-state index contributed by atoms with van der Waals surface area (Å²) >= 11 is 1.55. The lowest BCUT2D eigenvalue weighted by Crippen LogP contribution is -2.23. The van der Waals surface area contributed by atoms with E-state index in [1.165, 1.54) is 7.11 Å². The molecule has 1 heterocycles. The van der Waals surface area contributed by atoms with E-state index in [0.717, 1.165) is 29.4 Å². The Balaban J connectivity index is 1.98. The first-order valence-electron chi connectivity index (χ1n) is 6.52. The molecule has 0 aliphatic carbocycles. The van der Waals surface area contributed by atoms with Crippen molar-refractivity contribution in [2.45, 2.75) is 13.0 Å². The lowest BCUT2D eigenvalue weighted by atomic mass is 10.1. The van der Waals surface area contributed by atoms with Gasteiger partial charge in [-0.2, -0.15) is 0 Å². The summed E-state index contributed by atoms with van der Waals surface area (Å²) in [7, 11) is 1.41. The fraction of sp³-hybridized carbons (Fsp3) is 0.500. The van der Waals surface area contributed by atoms with Crippen LogP contribution in [-0.2, 0) is 9.53 Å².